The van der Waals surface area contributed by atoms with Crippen LogP contribution in [-0.4, -0.2) is 41.9 Å². The van der Waals surface area contributed by atoms with Crippen molar-refractivity contribution in [3.8, 4) is 11.5 Å². The van der Waals surface area contributed by atoms with E-state index in [0.29, 0.717) is 34.9 Å². The van der Waals surface area contributed by atoms with Gasteiger partial charge in [0.05, 0.1) is 12.5 Å². The molecule has 4 rings (SSSR count). The van der Waals surface area contributed by atoms with Crippen LogP contribution in [0.1, 0.15) is 49.4 Å². The van der Waals surface area contributed by atoms with Gasteiger partial charge in [0.25, 0.3) is 0 Å². The molecule has 1 unspecified atom stereocenters. The minimum absolute atomic E-state index is 0.0645. The van der Waals surface area contributed by atoms with Gasteiger partial charge in [-0.25, -0.2) is 9.59 Å². The van der Waals surface area contributed by atoms with E-state index in [-0.39, 0.29) is 37.6 Å². The zero-order valence-corrected chi connectivity index (χ0v) is 24.8. The molecule has 0 bridgehead atoms. The number of aliphatic carboxylic acids is 1. The smallest absolute Gasteiger partial charge is 0.323 e. The molecule has 232 valence electrons. The van der Waals surface area contributed by atoms with Gasteiger partial charge in [-0.05, 0) is 66.3 Å². The fourth-order valence-corrected chi connectivity index (χ4v) is 4.63. The van der Waals surface area contributed by atoms with Gasteiger partial charge in [0.1, 0.15) is 6.04 Å². The van der Waals surface area contributed by atoms with Crippen LogP contribution in [0.5, 0.6) is 11.5 Å². The number of benzene rings is 3. The number of carboxylic acids is 1. The summed E-state index contributed by atoms with van der Waals surface area (Å²) in [5.41, 5.74) is 3.57. The van der Waals surface area contributed by atoms with E-state index in [2.05, 4.69) is 26.6 Å². The average Bonchev–Trinajstić information content (AvgIpc) is 3.45. The molecule has 12 nitrogen and oxygen atoms in total. The van der Waals surface area contributed by atoms with Crippen LogP contribution in [0.3, 0.4) is 0 Å². The lowest BCUT2D eigenvalue weighted by atomic mass is 10.0. The summed E-state index contributed by atoms with van der Waals surface area (Å²) >= 11 is 0. The first-order valence-corrected chi connectivity index (χ1v) is 14.3. The van der Waals surface area contributed by atoms with E-state index >= 15 is 0 Å². The Morgan fingerprint density at radius 2 is 1.59 bits per heavy atom. The third-order valence-corrected chi connectivity index (χ3v) is 6.88. The van der Waals surface area contributed by atoms with Crippen molar-refractivity contribution < 1.29 is 33.8 Å². The van der Waals surface area contributed by atoms with E-state index in [1.807, 2.05) is 45.0 Å². The van der Waals surface area contributed by atoms with Crippen LogP contribution in [0.15, 0.2) is 66.7 Å². The second-order valence-corrected chi connectivity index (χ2v) is 10.9. The van der Waals surface area contributed by atoms with Gasteiger partial charge in [-0.3, -0.25) is 9.59 Å². The van der Waals surface area contributed by atoms with Gasteiger partial charge >= 0.3 is 18.0 Å². The van der Waals surface area contributed by atoms with E-state index in [9.17, 15) is 24.3 Å². The third-order valence-electron chi connectivity index (χ3n) is 6.88. The van der Waals surface area contributed by atoms with Gasteiger partial charge in [0.15, 0.2) is 11.5 Å². The van der Waals surface area contributed by atoms with Crippen molar-refractivity contribution in [2.45, 2.75) is 52.2 Å². The van der Waals surface area contributed by atoms with E-state index in [1.54, 1.807) is 42.5 Å². The summed E-state index contributed by atoms with van der Waals surface area (Å²) < 4.78 is 10.7. The number of fused-ring (bicyclic) bond motifs is 1. The second kappa shape index (κ2) is 14.8. The minimum atomic E-state index is -1.10. The number of carbonyl (C=O) groups excluding carboxylic acids is 3. The number of ether oxygens (including phenoxy) is 2. The Morgan fingerprint density at radius 3 is 2.30 bits per heavy atom. The van der Waals surface area contributed by atoms with Gasteiger partial charge in [-0.2, -0.15) is 0 Å². The van der Waals surface area contributed by atoms with Gasteiger partial charge in [-0.15, -0.1) is 0 Å². The number of hydrogen-bond donors (Lipinski definition) is 6. The summed E-state index contributed by atoms with van der Waals surface area (Å²) in [5.74, 6) is -0.392. The molecular formula is C32H37N5O7. The van der Waals surface area contributed by atoms with Crippen molar-refractivity contribution in [3.05, 3.63) is 83.4 Å². The Hall–Kier alpha value is -5.26. The molecule has 1 heterocycles. The molecule has 0 saturated heterocycles. The highest BCUT2D eigenvalue weighted by Gasteiger charge is 2.26. The molecule has 0 spiro atoms. The van der Waals surface area contributed by atoms with Gasteiger partial charge in [0, 0.05) is 17.9 Å². The maximum absolute atomic E-state index is 13.1. The zero-order chi connectivity index (χ0) is 31.6. The second-order valence-electron chi connectivity index (χ2n) is 10.9. The molecule has 0 fully saturated rings. The van der Waals surface area contributed by atoms with Gasteiger partial charge < -0.3 is 41.2 Å². The van der Waals surface area contributed by atoms with Crippen molar-refractivity contribution >= 4 is 35.3 Å². The van der Waals surface area contributed by atoms with Crippen molar-refractivity contribution in [2.24, 2.45) is 5.92 Å². The first-order valence-electron chi connectivity index (χ1n) is 14.3. The third kappa shape index (κ3) is 9.12. The highest BCUT2D eigenvalue weighted by molar-refractivity contribution is 6.00. The lowest BCUT2D eigenvalue weighted by Gasteiger charge is -2.23. The first-order chi connectivity index (χ1) is 21.1. The quantitative estimate of drug-likeness (QED) is 0.171. The van der Waals surface area contributed by atoms with E-state index in [0.717, 1.165) is 11.1 Å². The van der Waals surface area contributed by atoms with Crippen molar-refractivity contribution in [1.82, 2.24) is 16.0 Å². The van der Waals surface area contributed by atoms with Gasteiger partial charge in [0.2, 0.25) is 12.7 Å². The summed E-state index contributed by atoms with van der Waals surface area (Å²) in [6.07, 6.45) is -0.00174. The molecule has 3 aromatic carbocycles. The van der Waals surface area contributed by atoms with Crippen LogP contribution in [0.2, 0.25) is 0 Å². The summed E-state index contributed by atoms with van der Waals surface area (Å²) in [6.45, 7) is 6.03. The standard InChI is InChI=1S/C32H37N5O7/c1-19(2)14-26(37-32(42)36-25(16-29(38)39)22-10-13-27-28(15-22)44-18-43-27)30(40)33-17-21-8-11-23(12-9-21)34-31(41)35-24-7-5-4-6-20(24)3/h4-13,15,19,25-26H,14,16-18H2,1-3H3,(H,33,40)(H,38,39)(H2,34,35,41)(H2,36,37,42)/t25?,26-/m0/s1. The van der Waals surface area contributed by atoms with E-state index in [1.165, 1.54) is 0 Å². The number of amides is 5. The molecule has 1 aliphatic heterocycles. The van der Waals surface area contributed by atoms with Crippen LogP contribution in [0.25, 0.3) is 0 Å². The Balaban J connectivity index is 1.32. The number of aryl methyl sites for hydroxylation is 1. The molecule has 12 heteroatoms. The average molecular weight is 604 g/mol. The normalized spacial score (nSPS) is 13.0. The van der Waals surface area contributed by atoms with Crippen molar-refractivity contribution in [3.63, 3.8) is 0 Å². The molecule has 0 saturated carbocycles. The topological polar surface area (TPSA) is 167 Å². The number of para-hydroxylation sites is 1. The molecule has 2 atom stereocenters. The Labute approximate surface area is 255 Å². The molecule has 3 aromatic rings. The van der Waals surface area contributed by atoms with Crippen LogP contribution in [-0.2, 0) is 16.1 Å². The van der Waals surface area contributed by atoms with E-state index in [4.69, 9.17) is 9.47 Å². The predicted molar refractivity (Wildman–Crippen MR) is 165 cm³/mol. The fraction of sp³-hybridized carbons (Fsp3) is 0.312. The molecule has 0 aromatic heterocycles. The molecule has 5 amide bonds. The highest BCUT2D eigenvalue weighted by Crippen LogP contribution is 2.34. The lowest BCUT2D eigenvalue weighted by Crippen LogP contribution is -2.51. The lowest BCUT2D eigenvalue weighted by molar-refractivity contribution is -0.137. The molecule has 6 N–H and O–H groups in total. The van der Waals surface area contributed by atoms with Crippen LogP contribution < -0.4 is 36.1 Å². The van der Waals surface area contributed by atoms with Gasteiger partial charge in [-0.1, -0.05) is 50.2 Å². The predicted octanol–water partition coefficient (Wildman–Crippen LogP) is 4.91. The molecule has 44 heavy (non-hydrogen) atoms. The first kappa shape index (κ1) is 31.7. The molecule has 1 aliphatic rings. The minimum Gasteiger partial charge on any atom is -0.481 e. The van der Waals surface area contributed by atoms with Crippen molar-refractivity contribution in [2.75, 3.05) is 17.4 Å². The number of rotatable bonds is 12. The maximum atomic E-state index is 13.1. The number of carboxylic acid groups (broad SMARTS) is 1. The van der Waals surface area contributed by atoms with Crippen LogP contribution in [0.4, 0.5) is 21.0 Å². The molecule has 0 radical (unpaired) electrons. The van der Waals surface area contributed by atoms with Crippen molar-refractivity contribution in [1.29, 1.82) is 0 Å². The Bertz CT molecular complexity index is 1490. The number of carbonyl (C=O) groups is 4. The fourth-order valence-electron chi connectivity index (χ4n) is 4.63. The SMILES string of the molecule is Cc1ccccc1NC(=O)Nc1ccc(CNC(=O)[C@H](CC(C)C)NC(=O)NC(CC(=O)O)c2ccc3c(c2)OCO3)cc1. The maximum Gasteiger partial charge on any atom is 0.323 e. The summed E-state index contributed by atoms with van der Waals surface area (Å²) in [7, 11) is 0. The molecular weight excluding hydrogens is 566 g/mol. The summed E-state index contributed by atoms with van der Waals surface area (Å²) in [4.78, 5) is 50.0. The monoisotopic (exact) mass is 603 g/mol. The number of anilines is 2. The largest absolute Gasteiger partial charge is 0.481 e. The van der Waals surface area contributed by atoms with Crippen LogP contribution in [0, 0.1) is 12.8 Å². The Kier molecular flexibility index (Phi) is 10.6. The zero-order valence-electron chi connectivity index (χ0n) is 24.8. The Morgan fingerprint density at radius 1 is 0.864 bits per heavy atom. The van der Waals surface area contributed by atoms with Crippen LogP contribution >= 0.6 is 0 Å². The summed E-state index contributed by atoms with van der Waals surface area (Å²) in [5, 5.41) is 23.3. The number of urea groups is 2. The van der Waals surface area contributed by atoms with E-state index < -0.39 is 24.1 Å². The highest BCUT2D eigenvalue weighted by atomic mass is 16.7. The number of nitrogens with one attached hydrogen (secondary N) is 5. The number of hydrogen-bond acceptors (Lipinski definition) is 6. The molecule has 0 aliphatic carbocycles. The summed E-state index contributed by atoms with van der Waals surface area (Å²) in [6, 6.07) is 16.7.